The molecule has 0 unspecified atom stereocenters. The lowest BCUT2D eigenvalue weighted by molar-refractivity contribution is -0.143. The molecule has 19 heteroatoms. The summed E-state index contributed by atoms with van der Waals surface area (Å²) in [6.07, 6.45) is -9.50. The predicted octanol–water partition coefficient (Wildman–Crippen LogP) is 8.95. The Kier molecular flexibility index (Phi) is 10.4. The van der Waals surface area contributed by atoms with Gasteiger partial charge < -0.3 is 19.3 Å². The van der Waals surface area contributed by atoms with Crippen molar-refractivity contribution in [2.24, 2.45) is 23.7 Å². The molecule has 0 radical (unpaired) electrons. The van der Waals surface area contributed by atoms with Gasteiger partial charge in [-0.3, -0.25) is 24.6 Å². The van der Waals surface area contributed by atoms with E-state index in [1.807, 2.05) is 0 Å². The Bertz CT molecular complexity index is 2530. The van der Waals surface area contributed by atoms with Crippen LogP contribution in [0.25, 0.3) is 0 Å². The van der Waals surface area contributed by atoms with Crippen LogP contribution in [0.2, 0.25) is 10.0 Å². The second-order valence-electron chi connectivity index (χ2n) is 15.3. The number of carbonyl (C=O) groups excluding carboxylic acids is 4. The maximum absolute atomic E-state index is 15.6. The van der Waals surface area contributed by atoms with Crippen LogP contribution in [0.3, 0.4) is 0 Å². The van der Waals surface area contributed by atoms with E-state index >= 15 is 9.59 Å². The minimum absolute atomic E-state index is 0.00587. The van der Waals surface area contributed by atoms with E-state index in [0.29, 0.717) is 28.4 Å². The van der Waals surface area contributed by atoms with Gasteiger partial charge in [-0.1, -0.05) is 47.0 Å². The molecule has 0 bridgehead atoms. The standard InChI is InChI=1S/C43H33Cl2F6N3O8/c1-60-25-7-4-19(5-8-25)41-29(38(57)54(40(41)59)52-31-11-6-22(44)15-30(31)45)18-28-26(36(41)35-32(61-2)16-24(55)17-33(35)62-3)9-10-27-34(28)39(58)53(37(27)56)23-13-20(42(46,47)48)12-21(14-23)43(49,50)51/h4-9,11-17,27-29,34,36,52,55H,10,18H2,1-3H3/t27-,28+,29-,34-,36+,41+/m0/s1. The highest BCUT2D eigenvalue weighted by atomic mass is 35.5. The molecule has 0 aromatic heterocycles. The highest BCUT2D eigenvalue weighted by Crippen LogP contribution is 2.66. The Morgan fingerprint density at radius 1 is 0.758 bits per heavy atom. The van der Waals surface area contributed by atoms with Crippen LogP contribution in [-0.2, 0) is 36.9 Å². The molecule has 2 aliphatic carbocycles. The monoisotopic (exact) mass is 903 g/mol. The van der Waals surface area contributed by atoms with Crippen molar-refractivity contribution in [1.82, 2.24) is 5.01 Å². The highest BCUT2D eigenvalue weighted by molar-refractivity contribution is 6.36. The number of rotatable bonds is 8. The molecule has 2 saturated heterocycles. The minimum Gasteiger partial charge on any atom is -0.508 e. The molecule has 2 aliphatic heterocycles. The number of aromatic hydroxyl groups is 1. The number of carbonyl (C=O) groups is 4. The molecule has 62 heavy (non-hydrogen) atoms. The maximum Gasteiger partial charge on any atom is 0.416 e. The summed E-state index contributed by atoms with van der Waals surface area (Å²) in [5.41, 5.74) is -2.60. The van der Waals surface area contributed by atoms with Crippen molar-refractivity contribution < 1.29 is 64.8 Å². The largest absolute Gasteiger partial charge is 0.508 e. The van der Waals surface area contributed by atoms with Gasteiger partial charge >= 0.3 is 12.4 Å². The molecule has 3 fully saturated rings. The fraction of sp³-hybridized carbons (Fsp3) is 0.302. The summed E-state index contributed by atoms with van der Waals surface area (Å²) in [6.45, 7) is 0. The number of anilines is 2. The minimum atomic E-state index is -5.28. The average Bonchev–Trinajstić information content (AvgIpc) is 3.61. The number of fused-ring (bicyclic) bond motifs is 4. The first-order valence-electron chi connectivity index (χ1n) is 18.8. The van der Waals surface area contributed by atoms with Crippen LogP contribution in [0.1, 0.15) is 41.0 Å². The Morgan fingerprint density at radius 3 is 1.92 bits per heavy atom. The molecule has 2 heterocycles. The zero-order chi connectivity index (χ0) is 44.8. The molecule has 8 rings (SSSR count). The lowest BCUT2D eigenvalue weighted by Gasteiger charge is -2.51. The lowest BCUT2D eigenvalue weighted by Crippen LogP contribution is -2.53. The number of allylic oxidation sites excluding steroid dienone is 2. The summed E-state index contributed by atoms with van der Waals surface area (Å²) in [5.74, 6) is -10.2. The number of nitrogens with one attached hydrogen (secondary N) is 1. The van der Waals surface area contributed by atoms with E-state index in [1.54, 1.807) is 30.3 Å². The summed E-state index contributed by atoms with van der Waals surface area (Å²) >= 11 is 12.6. The van der Waals surface area contributed by atoms with Crippen molar-refractivity contribution in [3.8, 4) is 23.0 Å². The van der Waals surface area contributed by atoms with E-state index in [0.717, 1.165) is 5.01 Å². The SMILES string of the molecule is COc1ccc([C@@]23C(=O)N(Nc4ccc(Cl)cc4Cl)C(=O)[C@@H]2C[C@@H]2C(=CC[C@@H]4C(=O)N(c5cc(C(F)(F)F)cc(C(F)(F)F)c5)C(=O)[C@@H]42)[C@@H]3c2c(OC)cc(O)cc2OC)cc1. The van der Waals surface area contributed by atoms with Crippen LogP contribution < -0.4 is 24.5 Å². The Morgan fingerprint density at radius 2 is 1.37 bits per heavy atom. The van der Waals surface area contributed by atoms with Crippen LogP contribution in [-0.4, -0.2) is 55.1 Å². The molecule has 6 atom stereocenters. The number of benzene rings is 4. The van der Waals surface area contributed by atoms with Crippen LogP contribution in [0.15, 0.2) is 84.4 Å². The van der Waals surface area contributed by atoms with Crippen LogP contribution in [0.4, 0.5) is 37.7 Å². The number of nitrogens with zero attached hydrogens (tertiary/aromatic N) is 2. The van der Waals surface area contributed by atoms with E-state index in [1.165, 1.54) is 51.7 Å². The summed E-state index contributed by atoms with van der Waals surface area (Å²) in [7, 11) is 4.01. The number of ether oxygens (including phenoxy) is 3. The Balaban J connectivity index is 1.36. The molecular weight excluding hydrogens is 871 g/mol. The maximum atomic E-state index is 15.6. The van der Waals surface area contributed by atoms with Crippen molar-refractivity contribution in [3.63, 3.8) is 0 Å². The fourth-order valence-corrected chi connectivity index (χ4v) is 10.1. The van der Waals surface area contributed by atoms with Gasteiger partial charge in [0, 0.05) is 28.6 Å². The number of phenols is 1. The number of hydrazine groups is 1. The topological polar surface area (TPSA) is 135 Å². The third-order valence-corrected chi connectivity index (χ3v) is 12.8. The van der Waals surface area contributed by atoms with Crippen molar-refractivity contribution in [2.75, 3.05) is 31.7 Å². The quantitative estimate of drug-likeness (QED) is 0.101. The summed E-state index contributed by atoms with van der Waals surface area (Å²) in [4.78, 5) is 60.0. The van der Waals surface area contributed by atoms with Crippen molar-refractivity contribution in [3.05, 3.63) is 117 Å². The van der Waals surface area contributed by atoms with E-state index in [-0.39, 0.29) is 63.0 Å². The lowest BCUT2D eigenvalue weighted by atomic mass is 9.49. The second kappa shape index (κ2) is 15.1. The molecular formula is C43H33Cl2F6N3O8. The first kappa shape index (κ1) is 42.7. The number of methoxy groups -OCH3 is 3. The second-order valence-corrected chi connectivity index (χ2v) is 16.1. The fourth-order valence-electron chi connectivity index (χ4n) is 9.69. The van der Waals surface area contributed by atoms with Gasteiger partial charge in [-0.2, -0.15) is 31.4 Å². The van der Waals surface area contributed by atoms with Gasteiger partial charge in [0.25, 0.3) is 11.8 Å². The van der Waals surface area contributed by atoms with Gasteiger partial charge in [0.15, 0.2) is 0 Å². The number of alkyl halides is 6. The molecule has 4 aromatic rings. The first-order chi connectivity index (χ1) is 29.3. The number of amides is 4. The molecule has 4 aliphatic rings. The Labute approximate surface area is 358 Å². The number of hydrogen-bond donors (Lipinski definition) is 2. The zero-order valence-electron chi connectivity index (χ0n) is 32.5. The van der Waals surface area contributed by atoms with E-state index in [2.05, 4.69) is 5.43 Å². The van der Waals surface area contributed by atoms with Gasteiger partial charge in [-0.15, -0.1) is 0 Å². The molecule has 324 valence electrons. The van der Waals surface area contributed by atoms with Crippen LogP contribution >= 0.6 is 23.2 Å². The molecule has 4 aromatic carbocycles. The third-order valence-electron chi connectivity index (χ3n) is 12.2. The van der Waals surface area contributed by atoms with Gasteiger partial charge in [0.2, 0.25) is 11.8 Å². The average molecular weight is 905 g/mol. The molecule has 2 N–H and O–H groups in total. The van der Waals surface area contributed by atoms with Gasteiger partial charge in [-0.05, 0) is 72.9 Å². The summed E-state index contributed by atoms with van der Waals surface area (Å²) in [6, 6.07) is 13.7. The smallest absolute Gasteiger partial charge is 0.416 e. The van der Waals surface area contributed by atoms with E-state index in [9.17, 15) is 41.0 Å². The number of halogens is 8. The zero-order valence-corrected chi connectivity index (χ0v) is 34.0. The van der Waals surface area contributed by atoms with Crippen molar-refractivity contribution in [2.45, 2.75) is 36.5 Å². The number of phenolic OH excluding ortho intramolecular Hbond substituents is 1. The highest BCUT2D eigenvalue weighted by Gasteiger charge is 2.71. The van der Waals surface area contributed by atoms with Gasteiger partial charge in [0.1, 0.15) is 23.0 Å². The summed E-state index contributed by atoms with van der Waals surface area (Å²) in [5, 5.41) is 11.9. The number of hydrogen-bond acceptors (Lipinski definition) is 9. The first-order valence-corrected chi connectivity index (χ1v) is 19.6. The van der Waals surface area contributed by atoms with Crippen LogP contribution in [0.5, 0.6) is 23.0 Å². The van der Waals surface area contributed by atoms with Crippen molar-refractivity contribution >= 4 is 58.2 Å². The summed E-state index contributed by atoms with van der Waals surface area (Å²) < 4.78 is 101. The van der Waals surface area contributed by atoms with E-state index < -0.39 is 87.8 Å². The van der Waals surface area contributed by atoms with Crippen molar-refractivity contribution in [1.29, 1.82) is 0 Å². The normalized spacial score (nSPS) is 24.7. The Hall–Kier alpha value is -5.94. The van der Waals surface area contributed by atoms with Crippen LogP contribution in [0, 0.1) is 23.7 Å². The molecule has 4 amide bonds. The van der Waals surface area contributed by atoms with Gasteiger partial charge in [0.05, 0.1) is 72.0 Å². The molecule has 1 saturated carbocycles. The number of imide groups is 2. The molecule has 0 spiro atoms. The molecule has 11 nitrogen and oxygen atoms in total. The van der Waals surface area contributed by atoms with Gasteiger partial charge in [-0.25, -0.2) is 4.90 Å². The predicted molar refractivity (Wildman–Crippen MR) is 211 cm³/mol. The van der Waals surface area contributed by atoms with E-state index in [4.69, 9.17) is 37.4 Å². The third kappa shape index (κ3) is 6.58.